The van der Waals surface area contributed by atoms with Crippen LogP contribution in [0.15, 0.2) is 70.4 Å². The van der Waals surface area contributed by atoms with Gasteiger partial charge >= 0.3 is 0 Å². The summed E-state index contributed by atoms with van der Waals surface area (Å²) in [4.78, 5) is 16.9. The number of fused-ring (bicyclic) bond motifs is 2. The van der Waals surface area contributed by atoms with E-state index in [1.54, 1.807) is 18.2 Å². The van der Waals surface area contributed by atoms with Crippen molar-refractivity contribution in [2.45, 2.75) is 26.3 Å². The van der Waals surface area contributed by atoms with Crippen molar-refractivity contribution in [3.63, 3.8) is 0 Å². The molecule has 0 radical (unpaired) electrons. The summed E-state index contributed by atoms with van der Waals surface area (Å²) >= 11 is 1.34. The normalized spacial score (nSPS) is 17.2. The van der Waals surface area contributed by atoms with Crippen molar-refractivity contribution >= 4 is 50.7 Å². The first-order valence-electron chi connectivity index (χ1n) is 10.4. The van der Waals surface area contributed by atoms with Gasteiger partial charge in [0, 0.05) is 28.2 Å². The van der Waals surface area contributed by atoms with Crippen LogP contribution < -0.4 is 0 Å². The first-order chi connectivity index (χ1) is 15.5. The van der Waals surface area contributed by atoms with Gasteiger partial charge in [-0.1, -0.05) is 43.3 Å². The summed E-state index contributed by atoms with van der Waals surface area (Å²) in [6.07, 6.45) is 5.28. The van der Waals surface area contributed by atoms with E-state index in [-0.39, 0.29) is 17.2 Å². The van der Waals surface area contributed by atoms with Gasteiger partial charge in [0.1, 0.15) is 10.9 Å². The number of rotatable bonds is 5. The lowest BCUT2D eigenvalue weighted by Gasteiger charge is -2.20. The highest BCUT2D eigenvalue weighted by Crippen LogP contribution is 2.31. The molecule has 1 N–H and O–H groups in total. The second kappa shape index (κ2) is 8.20. The van der Waals surface area contributed by atoms with E-state index in [0.717, 1.165) is 34.4 Å². The fourth-order valence-corrected chi connectivity index (χ4v) is 4.82. The molecule has 6 nitrogen and oxygen atoms in total. The van der Waals surface area contributed by atoms with Crippen molar-refractivity contribution in [2.24, 2.45) is 10.1 Å². The molecule has 2 aromatic carbocycles. The number of amides is 1. The number of para-hydroxylation sites is 1. The highest BCUT2D eigenvalue weighted by atomic mass is 32.2. The number of nitrogens with zero attached hydrogens (tertiary/aromatic N) is 4. The molecular formula is C24H20FN5OS. The molecule has 0 atom stereocenters. The number of aliphatic imine (C=N–C) groups is 1. The van der Waals surface area contributed by atoms with E-state index in [4.69, 9.17) is 5.41 Å². The first kappa shape index (κ1) is 20.4. The largest absolute Gasteiger partial charge is 0.342 e. The first-order valence-corrected chi connectivity index (χ1v) is 11.2. The monoisotopic (exact) mass is 445 g/mol. The summed E-state index contributed by atoms with van der Waals surface area (Å²) in [7, 11) is 0. The Bertz CT molecular complexity index is 1350. The molecule has 160 valence electrons. The van der Waals surface area contributed by atoms with Gasteiger partial charge in [-0.25, -0.2) is 4.39 Å². The van der Waals surface area contributed by atoms with Crippen LogP contribution in [-0.4, -0.2) is 31.5 Å². The molecule has 0 saturated carbocycles. The molecule has 2 aliphatic heterocycles. The molecule has 2 aliphatic rings. The standard InChI is InChI=1S/C24H20FN5OS/c1-2-7-21-28-30-22(26)18(23(31)27-24(30)32-21)12-16-14-29(20-11-6-4-9-17(16)20)13-15-8-3-5-10-19(15)25/h3-6,8-12,14,26H,2,7,13H2,1H3/b18-12-,26-22?. The highest BCUT2D eigenvalue weighted by Gasteiger charge is 2.35. The molecule has 3 aromatic rings. The predicted molar refractivity (Wildman–Crippen MR) is 127 cm³/mol. The minimum Gasteiger partial charge on any atom is -0.342 e. The van der Waals surface area contributed by atoms with Crippen LogP contribution in [0.3, 0.4) is 0 Å². The van der Waals surface area contributed by atoms with Crippen LogP contribution in [0.4, 0.5) is 4.39 Å². The molecule has 32 heavy (non-hydrogen) atoms. The summed E-state index contributed by atoms with van der Waals surface area (Å²) in [6, 6.07) is 14.4. The molecule has 1 amide bonds. The van der Waals surface area contributed by atoms with Crippen LogP contribution >= 0.6 is 11.8 Å². The van der Waals surface area contributed by atoms with E-state index in [1.807, 2.05) is 41.1 Å². The molecular weight excluding hydrogens is 425 g/mol. The zero-order valence-corrected chi connectivity index (χ0v) is 18.2. The number of carbonyl (C=O) groups is 1. The number of hydrogen-bond donors (Lipinski definition) is 1. The van der Waals surface area contributed by atoms with Crippen LogP contribution in [0.25, 0.3) is 17.0 Å². The van der Waals surface area contributed by atoms with Crippen molar-refractivity contribution < 1.29 is 9.18 Å². The minimum atomic E-state index is -0.451. The van der Waals surface area contributed by atoms with Gasteiger partial charge in [0.2, 0.25) is 5.17 Å². The third-order valence-electron chi connectivity index (χ3n) is 5.38. The smallest absolute Gasteiger partial charge is 0.283 e. The number of thioether (sulfide) groups is 1. The summed E-state index contributed by atoms with van der Waals surface area (Å²) < 4.78 is 16.2. The highest BCUT2D eigenvalue weighted by molar-refractivity contribution is 8.26. The molecule has 0 fully saturated rings. The van der Waals surface area contributed by atoms with Gasteiger partial charge in [0.25, 0.3) is 5.91 Å². The number of hydrazone groups is 1. The lowest BCUT2D eigenvalue weighted by atomic mass is 10.1. The quantitative estimate of drug-likeness (QED) is 0.545. The fraction of sp³-hybridized carbons (Fsp3) is 0.167. The molecule has 0 saturated heterocycles. The van der Waals surface area contributed by atoms with E-state index in [1.165, 1.54) is 22.8 Å². The average molecular weight is 446 g/mol. The lowest BCUT2D eigenvalue weighted by molar-refractivity contribution is -0.114. The van der Waals surface area contributed by atoms with E-state index in [0.29, 0.717) is 17.3 Å². The van der Waals surface area contributed by atoms with Crippen molar-refractivity contribution in [1.29, 1.82) is 5.41 Å². The van der Waals surface area contributed by atoms with Gasteiger partial charge in [-0.3, -0.25) is 10.2 Å². The molecule has 1 aromatic heterocycles. The van der Waals surface area contributed by atoms with Crippen molar-refractivity contribution in [3.05, 3.63) is 77.2 Å². The SMILES string of the molecule is CCCC1=NN2C(=N)/C(=C/c3cn(Cc4ccccc4F)c4ccccc34)C(=O)N=C2S1. The Morgan fingerprint density at radius 2 is 1.94 bits per heavy atom. The molecule has 0 bridgehead atoms. The molecule has 5 rings (SSSR count). The third kappa shape index (κ3) is 3.56. The Morgan fingerprint density at radius 1 is 1.16 bits per heavy atom. The average Bonchev–Trinajstić information content (AvgIpc) is 3.34. The van der Waals surface area contributed by atoms with Crippen LogP contribution in [0.5, 0.6) is 0 Å². The lowest BCUT2D eigenvalue weighted by Crippen LogP contribution is -2.35. The number of nitrogens with one attached hydrogen (secondary N) is 1. The van der Waals surface area contributed by atoms with Crippen molar-refractivity contribution in [1.82, 2.24) is 9.58 Å². The number of aromatic nitrogens is 1. The Morgan fingerprint density at radius 3 is 2.75 bits per heavy atom. The predicted octanol–water partition coefficient (Wildman–Crippen LogP) is 5.25. The van der Waals surface area contributed by atoms with Crippen LogP contribution in [-0.2, 0) is 11.3 Å². The Kier molecular flexibility index (Phi) is 5.22. The zero-order chi connectivity index (χ0) is 22.2. The second-order valence-corrected chi connectivity index (χ2v) is 8.63. The second-order valence-electron chi connectivity index (χ2n) is 7.58. The maximum absolute atomic E-state index is 14.2. The summed E-state index contributed by atoms with van der Waals surface area (Å²) in [5.74, 6) is -0.694. The number of benzene rings is 2. The van der Waals surface area contributed by atoms with Crippen molar-refractivity contribution in [2.75, 3.05) is 0 Å². The van der Waals surface area contributed by atoms with Crippen LogP contribution in [0.1, 0.15) is 30.9 Å². The number of amidine groups is 2. The molecule has 3 heterocycles. The zero-order valence-electron chi connectivity index (χ0n) is 17.4. The van der Waals surface area contributed by atoms with E-state index in [9.17, 15) is 9.18 Å². The van der Waals surface area contributed by atoms with Crippen LogP contribution in [0, 0.1) is 11.2 Å². The van der Waals surface area contributed by atoms with Gasteiger partial charge < -0.3 is 4.57 Å². The molecule has 0 aliphatic carbocycles. The summed E-state index contributed by atoms with van der Waals surface area (Å²) in [5.41, 5.74) is 2.45. The molecule has 0 spiro atoms. The number of hydrogen-bond acceptors (Lipinski definition) is 4. The van der Waals surface area contributed by atoms with E-state index in [2.05, 4.69) is 17.0 Å². The minimum absolute atomic E-state index is 0.0181. The van der Waals surface area contributed by atoms with Gasteiger partial charge in [-0.2, -0.15) is 15.1 Å². The van der Waals surface area contributed by atoms with Crippen molar-refractivity contribution in [3.8, 4) is 0 Å². The summed E-state index contributed by atoms with van der Waals surface area (Å²) in [6.45, 7) is 2.42. The maximum Gasteiger partial charge on any atom is 0.283 e. The topological polar surface area (TPSA) is 73.8 Å². The number of halogens is 1. The molecule has 0 unspecified atom stereocenters. The fourth-order valence-electron chi connectivity index (χ4n) is 3.83. The van der Waals surface area contributed by atoms with Gasteiger partial charge in [-0.15, -0.1) is 0 Å². The number of carbonyl (C=O) groups excluding carboxylic acids is 1. The summed E-state index contributed by atoms with van der Waals surface area (Å²) in [5, 5.41) is 16.7. The Hall–Kier alpha value is -3.52. The molecule has 8 heteroatoms. The Balaban J connectivity index is 1.55. The third-order valence-corrected chi connectivity index (χ3v) is 6.35. The Labute approximate surface area is 188 Å². The van der Waals surface area contributed by atoms with Crippen LogP contribution in [0.2, 0.25) is 0 Å². The van der Waals surface area contributed by atoms with Gasteiger partial charge in [-0.05, 0) is 42.8 Å². The van der Waals surface area contributed by atoms with Gasteiger partial charge in [0.05, 0.1) is 12.1 Å². The van der Waals surface area contributed by atoms with Gasteiger partial charge in [0.15, 0.2) is 5.84 Å². The maximum atomic E-state index is 14.2. The van der Waals surface area contributed by atoms with E-state index < -0.39 is 5.91 Å². The van der Waals surface area contributed by atoms with E-state index >= 15 is 0 Å².